The molecule has 4 nitrogen and oxygen atoms in total. The second-order valence-corrected chi connectivity index (χ2v) is 6.45. The Kier molecular flexibility index (Phi) is 5.51. The van der Waals surface area contributed by atoms with Gasteiger partial charge in [-0.15, -0.1) is 0 Å². The largest absolute Gasteiger partial charge is 0.489 e. The quantitative estimate of drug-likeness (QED) is 0.705. The topological polar surface area (TPSA) is 39.1 Å². The van der Waals surface area contributed by atoms with Gasteiger partial charge in [-0.05, 0) is 37.1 Å². The summed E-state index contributed by atoms with van der Waals surface area (Å²) in [4.78, 5) is 4.14. The van der Waals surface area contributed by atoms with Crippen molar-refractivity contribution in [3.63, 3.8) is 0 Å². The van der Waals surface area contributed by atoms with Crippen LogP contribution in [-0.4, -0.2) is 9.55 Å². The highest BCUT2D eigenvalue weighted by Gasteiger charge is 2.07. The van der Waals surface area contributed by atoms with Crippen LogP contribution in [0.5, 0.6) is 5.75 Å². The zero-order valence-electron chi connectivity index (χ0n) is 15.1. The molecule has 1 atom stereocenters. The molecule has 25 heavy (non-hydrogen) atoms. The molecule has 2 aromatic carbocycles. The molecule has 0 fully saturated rings. The average molecular weight is 335 g/mol. The maximum absolute atomic E-state index is 5.88. The predicted molar refractivity (Wildman–Crippen MR) is 100 cm³/mol. The van der Waals surface area contributed by atoms with Gasteiger partial charge in [-0.1, -0.05) is 42.0 Å². The lowest BCUT2D eigenvalue weighted by molar-refractivity contribution is 0.306. The van der Waals surface area contributed by atoms with Gasteiger partial charge in [0.05, 0.1) is 12.0 Å². The standard InChI is InChI=1S/C21H25N3O/c1-16-5-4-6-18(11-16)14-25-21-9-7-19(8-10-21)17(2)23-13-20-12-22-15-24(20)3/h4-12,15,17,23H,13-14H2,1-3H3. The third kappa shape index (κ3) is 4.70. The molecule has 1 heterocycles. The first kappa shape index (κ1) is 17.2. The van der Waals surface area contributed by atoms with Crippen LogP contribution in [0, 0.1) is 6.92 Å². The summed E-state index contributed by atoms with van der Waals surface area (Å²) in [7, 11) is 2.01. The molecule has 1 N–H and O–H groups in total. The Morgan fingerprint density at radius 1 is 1.16 bits per heavy atom. The van der Waals surface area contributed by atoms with Crippen LogP contribution >= 0.6 is 0 Å². The first-order valence-corrected chi connectivity index (χ1v) is 8.58. The highest BCUT2D eigenvalue weighted by atomic mass is 16.5. The van der Waals surface area contributed by atoms with E-state index in [0.29, 0.717) is 6.61 Å². The second kappa shape index (κ2) is 7.99. The van der Waals surface area contributed by atoms with Crippen LogP contribution < -0.4 is 10.1 Å². The SMILES string of the molecule is Cc1cccc(COc2ccc(C(C)NCc3cncn3C)cc2)c1. The average Bonchev–Trinajstić information content (AvgIpc) is 3.03. The Morgan fingerprint density at radius 3 is 2.64 bits per heavy atom. The molecule has 0 aliphatic rings. The summed E-state index contributed by atoms with van der Waals surface area (Å²) < 4.78 is 7.91. The van der Waals surface area contributed by atoms with E-state index in [9.17, 15) is 0 Å². The fraction of sp³-hybridized carbons (Fsp3) is 0.286. The molecule has 1 aromatic heterocycles. The smallest absolute Gasteiger partial charge is 0.119 e. The summed E-state index contributed by atoms with van der Waals surface area (Å²) in [6, 6.07) is 17.0. The zero-order valence-corrected chi connectivity index (χ0v) is 15.1. The Balaban J connectivity index is 1.53. The van der Waals surface area contributed by atoms with Gasteiger partial charge >= 0.3 is 0 Å². The van der Waals surface area contributed by atoms with E-state index >= 15 is 0 Å². The van der Waals surface area contributed by atoms with Crippen LogP contribution in [0.25, 0.3) is 0 Å². The highest BCUT2D eigenvalue weighted by Crippen LogP contribution is 2.19. The molecule has 0 spiro atoms. The van der Waals surface area contributed by atoms with Crippen molar-refractivity contribution in [3.05, 3.63) is 83.4 Å². The molecule has 3 rings (SSSR count). The zero-order chi connectivity index (χ0) is 17.6. The molecule has 0 saturated heterocycles. The van der Waals surface area contributed by atoms with Crippen molar-refractivity contribution in [2.75, 3.05) is 0 Å². The van der Waals surface area contributed by atoms with E-state index in [0.717, 1.165) is 12.3 Å². The molecular formula is C21H25N3O. The first-order valence-electron chi connectivity index (χ1n) is 8.58. The van der Waals surface area contributed by atoms with Crippen LogP contribution in [0.3, 0.4) is 0 Å². The molecule has 0 bridgehead atoms. The van der Waals surface area contributed by atoms with Crippen LogP contribution in [0.1, 0.15) is 35.3 Å². The van der Waals surface area contributed by atoms with Crippen LogP contribution in [0.4, 0.5) is 0 Å². The lowest BCUT2D eigenvalue weighted by atomic mass is 10.1. The van der Waals surface area contributed by atoms with Crippen molar-refractivity contribution < 1.29 is 4.74 Å². The molecule has 0 aliphatic carbocycles. The van der Waals surface area contributed by atoms with Crippen LogP contribution in [-0.2, 0) is 20.2 Å². The van der Waals surface area contributed by atoms with Gasteiger partial charge in [0, 0.05) is 25.8 Å². The highest BCUT2D eigenvalue weighted by molar-refractivity contribution is 5.30. The van der Waals surface area contributed by atoms with Gasteiger partial charge in [0.25, 0.3) is 0 Å². The fourth-order valence-electron chi connectivity index (χ4n) is 2.75. The maximum atomic E-state index is 5.88. The molecule has 130 valence electrons. The third-order valence-electron chi connectivity index (χ3n) is 4.37. The minimum Gasteiger partial charge on any atom is -0.489 e. The van der Waals surface area contributed by atoms with Gasteiger partial charge in [0.2, 0.25) is 0 Å². The second-order valence-electron chi connectivity index (χ2n) is 6.45. The van der Waals surface area contributed by atoms with Crippen molar-refractivity contribution in [2.24, 2.45) is 7.05 Å². The number of rotatable bonds is 7. The van der Waals surface area contributed by atoms with Crippen LogP contribution in [0.15, 0.2) is 61.1 Å². The van der Waals surface area contributed by atoms with E-state index in [1.54, 1.807) is 0 Å². The molecule has 4 heteroatoms. The number of nitrogens with one attached hydrogen (secondary N) is 1. The monoisotopic (exact) mass is 335 g/mol. The summed E-state index contributed by atoms with van der Waals surface area (Å²) in [6.45, 7) is 5.65. The number of aromatic nitrogens is 2. The number of hydrogen-bond donors (Lipinski definition) is 1. The summed E-state index contributed by atoms with van der Waals surface area (Å²) in [6.07, 6.45) is 3.71. The van der Waals surface area contributed by atoms with E-state index < -0.39 is 0 Å². The number of aryl methyl sites for hydroxylation is 2. The molecule has 0 amide bonds. The molecule has 0 saturated carbocycles. The first-order chi connectivity index (χ1) is 12.1. The van der Waals surface area contributed by atoms with E-state index in [1.165, 1.54) is 22.4 Å². The van der Waals surface area contributed by atoms with Crippen LogP contribution in [0.2, 0.25) is 0 Å². The molecule has 3 aromatic rings. The molecule has 0 aliphatic heterocycles. The van der Waals surface area contributed by atoms with Gasteiger partial charge in [-0.25, -0.2) is 4.98 Å². The molecule has 0 radical (unpaired) electrons. The number of hydrogen-bond acceptors (Lipinski definition) is 3. The van der Waals surface area contributed by atoms with E-state index in [4.69, 9.17) is 4.74 Å². The minimum absolute atomic E-state index is 0.265. The number of benzene rings is 2. The van der Waals surface area contributed by atoms with Crippen molar-refractivity contribution in [2.45, 2.75) is 33.0 Å². The lowest BCUT2D eigenvalue weighted by Gasteiger charge is -2.15. The van der Waals surface area contributed by atoms with E-state index in [-0.39, 0.29) is 6.04 Å². The van der Waals surface area contributed by atoms with Crippen molar-refractivity contribution in [1.29, 1.82) is 0 Å². The summed E-state index contributed by atoms with van der Waals surface area (Å²) in [5.41, 5.74) is 4.86. The summed E-state index contributed by atoms with van der Waals surface area (Å²) in [5, 5.41) is 3.52. The van der Waals surface area contributed by atoms with Gasteiger partial charge in [-0.3, -0.25) is 0 Å². The Hall–Kier alpha value is -2.59. The number of imidazole rings is 1. The Labute approximate surface area is 149 Å². The Morgan fingerprint density at radius 2 is 1.96 bits per heavy atom. The number of ether oxygens (including phenoxy) is 1. The van der Waals surface area contributed by atoms with Crippen molar-refractivity contribution >= 4 is 0 Å². The maximum Gasteiger partial charge on any atom is 0.119 e. The molecule has 1 unspecified atom stereocenters. The van der Waals surface area contributed by atoms with Gasteiger partial charge in [-0.2, -0.15) is 0 Å². The van der Waals surface area contributed by atoms with Gasteiger partial charge in [0.15, 0.2) is 0 Å². The van der Waals surface area contributed by atoms with Gasteiger partial charge in [0.1, 0.15) is 12.4 Å². The normalized spacial score (nSPS) is 12.1. The van der Waals surface area contributed by atoms with Crippen molar-refractivity contribution in [1.82, 2.24) is 14.9 Å². The van der Waals surface area contributed by atoms with E-state index in [2.05, 4.69) is 60.5 Å². The molecular weight excluding hydrogens is 310 g/mol. The van der Waals surface area contributed by atoms with Gasteiger partial charge < -0.3 is 14.6 Å². The minimum atomic E-state index is 0.265. The predicted octanol–water partition coefficient (Wildman–Crippen LogP) is 4.16. The van der Waals surface area contributed by atoms with E-state index in [1.807, 2.05) is 36.3 Å². The number of nitrogens with zero attached hydrogens (tertiary/aromatic N) is 2. The Bertz CT molecular complexity index is 808. The summed E-state index contributed by atoms with van der Waals surface area (Å²) >= 11 is 0. The third-order valence-corrected chi connectivity index (χ3v) is 4.37. The van der Waals surface area contributed by atoms with Crippen molar-refractivity contribution in [3.8, 4) is 5.75 Å². The summed E-state index contributed by atoms with van der Waals surface area (Å²) in [5.74, 6) is 0.893. The fourth-order valence-corrected chi connectivity index (χ4v) is 2.75. The lowest BCUT2D eigenvalue weighted by Crippen LogP contribution is -2.19.